The molecule has 0 bridgehead atoms. The van der Waals surface area contributed by atoms with Crippen molar-refractivity contribution in [2.75, 3.05) is 0 Å². The maximum Gasteiger partial charge on any atom is 0.223 e. The van der Waals surface area contributed by atoms with Gasteiger partial charge in [-0.2, -0.15) is 0 Å². The Labute approximate surface area is 85.9 Å². The number of aliphatic hydroxyl groups is 1. The van der Waals surface area contributed by atoms with Crippen molar-refractivity contribution < 1.29 is 9.90 Å². The molecule has 2 N–H and O–H groups in total. The van der Waals surface area contributed by atoms with Gasteiger partial charge in [0.25, 0.3) is 0 Å². The van der Waals surface area contributed by atoms with Gasteiger partial charge < -0.3 is 10.4 Å². The van der Waals surface area contributed by atoms with E-state index in [0.717, 1.165) is 6.42 Å². The van der Waals surface area contributed by atoms with Crippen LogP contribution in [-0.2, 0) is 4.79 Å². The fourth-order valence-electron chi connectivity index (χ4n) is 1.24. The topological polar surface area (TPSA) is 49.3 Å². The molecule has 1 amide bonds. The number of amides is 1. The SMILES string of the molecule is CC1CC1C(=O)NC(C)(C)C(C)(C)O. The highest BCUT2D eigenvalue weighted by atomic mass is 16.3. The van der Waals surface area contributed by atoms with E-state index in [4.69, 9.17) is 0 Å². The first-order chi connectivity index (χ1) is 6.15. The van der Waals surface area contributed by atoms with E-state index >= 15 is 0 Å². The van der Waals surface area contributed by atoms with E-state index in [1.807, 2.05) is 13.8 Å². The molecule has 2 atom stereocenters. The maximum atomic E-state index is 11.7. The Balaban J connectivity index is 2.55. The Morgan fingerprint density at radius 2 is 1.79 bits per heavy atom. The zero-order valence-electron chi connectivity index (χ0n) is 9.72. The summed E-state index contributed by atoms with van der Waals surface area (Å²) in [7, 11) is 0. The molecule has 3 nitrogen and oxygen atoms in total. The van der Waals surface area contributed by atoms with Gasteiger partial charge in [0.05, 0.1) is 11.1 Å². The van der Waals surface area contributed by atoms with Crippen LogP contribution in [0.2, 0.25) is 0 Å². The largest absolute Gasteiger partial charge is 0.388 e. The minimum Gasteiger partial charge on any atom is -0.388 e. The van der Waals surface area contributed by atoms with E-state index < -0.39 is 11.1 Å². The summed E-state index contributed by atoms with van der Waals surface area (Å²) >= 11 is 0. The lowest BCUT2D eigenvalue weighted by molar-refractivity contribution is -0.127. The third-order valence-corrected chi connectivity index (χ3v) is 3.41. The number of rotatable bonds is 3. The first kappa shape index (κ1) is 11.5. The number of carbonyl (C=O) groups is 1. The van der Waals surface area contributed by atoms with Crippen LogP contribution in [0.25, 0.3) is 0 Å². The van der Waals surface area contributed by atoms with Crippen molar-refractivity contribution in [3.8, 4) is 0 Å². The molecule has 0 aromatic heterocycles. The van der Waals surface area contributed by atoms with E-state index in [9.17, 15) is 9.90 Å². The fourth-order valence-corrected chi connectivity index (χ4v) is 1.24. The molecule has 0 aromatic carbocycles. The zero-order chi connectivity index (χ0) is 11.1. The van der Waals surface area contributed by atoms with Gasteiger partial charge in [-0.05, 0) is 40.0 Å². The van der Waals surface area contributed by atoms with Crippen LogP contribution in [0.3, 0.4) is 0 Å². The Bertz CT molecular complexity index is 240. The molecule has 1 fully saturated rings. The van der Waals surface area contributed by atoms with Crippen molar-refractivity contribution in [2.24, 2.45) is 11.8 Å². The van der Waals surface area contributed by atoms with Gasteiger partial charge in [0.15, 0.2) is 0 Å². The van der Waals surface area contributed by atoms with Gasteiger partial charge in [-0.1, -0.05) is 6.92 Å². The molecule has 1 aliphatic carbocycles. The molecule has 0 aromatic rings. The molecule has 0 radical (unpaired) electrons. The molecule has 82 valence electrons. The standard InChI is InChI=1S/C11H21NO2/c1-7-6-8(7)9(13)12-10(2,3)11(4,5)14/h7-8,14H,6H2,1-5H3,(H,12,13). The quantitative estimate of drug-likeness (QED) is 0.720. The van der Waals surface area contributed by atoms with E-state index in [0.29, 0.717) is 5.92 Å². The smallest absolute Gasteiger partial charge is 0.223 e. The summed E-state index contributed by atoms with van der Waals surface area (Å²) in [5.74, 6) is 0.744. The van der Waals surface area contributed by atoms with E-state index in [-0.39, 0.29) is 11.8 Å². The number of carbonyl (C=O) groups excluding carboxylic acids is 1. The van der Waals surface area contributed by atoms with Crippen LogP contribution in [-0.4, -0.2) is 22.2 Å². The van der Waals surface area contributed by atoms with Gasteiger partial charge in [-0.25, -0.2) is 0 Å². The van der Waals surface area contributed by atoms with Gasteiger partial charge in [0, 0.05) is 5.92 Å². The number of nitrogens with one attached hydrogen (secondary N) is 1. The summed E-state index contributed by atoms with van der Waals surface area (Å²) in [5.41, 5.74) is -1.48. The van der Waals surface area contributed by atoms with E-state index in [2.05, 4.69) is 12.2 Å². The molecular formula is C11H21NO2. The van der Waals surface area contributed by atoms with Crippen molar-refractivity contribution >= 4 is 5.91 Å². The first-order valence-electron chi connectivity index (χ1n) is 5.19. The molecule has 1 saturated carbocycles. The van der Waals surface area contributed by atoms with Gasteiger partial charge >= 0.3 is 0 Å². The predicted octanol–water partition coefficient (Wildman–Crippen LogP) is 1.31. The minimum absolute atomic E-state index is 0.0737. The minimum atomic E-state index is -0.902. The Morgan fingerprint density at radius 1 is 1.36 bits per heavy atom. The normalized spacial score (nSPS) is 27.3. The van der Waals surface area contributed by atoms with Crippen molar-refractivity contribution in [1.29, 1.82) is 0 Å². The van der Waals surface area contributed by atoms with Gasteiger partial charge in [-0.3, -0.25) is 4.79 Å². The van der Waals surface area contributed by atoms with E-state index in [1.165, 1.54) is 0 Å². The lowest BCUT2D eigenvalue weighted by Crippen LogP contribution is -2.58. The first-order valence-corrected chi connectivity index (χ1v) is 5.19. The van der Waals surface area contributed by atoms with Crippen molar-refractivity contribution in [3.05, 3.63) is 0 Å². The summed E-state index contributed by atoms with van der Waals surface area (Å²) in [5, 5.41) is 12.7. The van der Waals surface area contributed by atoms with E-state index in [1.54, 1.807) is 13.8 Å². The van der Waals surface area contributed by atoms with Crippen LogP contribution in [0, 0.1) is 11.8 Å². The van der Waals surface area contributed by atoms with Crippen LogP contribution in [0.15, 0.2) is 0 Å². The number of hydrogen-bond acceptors (Lipinski definition) is 2. The monoisotopic (exact) mass is 199 g/mol. The van der Waals surface area contributed by atoms with Crippen LogP contribution in [0.5, 0.6) is 0 Å². The lowest BCUT2D eigenvalue weighted by atomic mass is 9.86. The average Bonchev–Trinajstić information content (AvgIpc) is 2.63. The third-order valence-electron chi connectivity index (χ3n) is 3.41. The third kappa shape index (κ3) is 2.27. The summed E-state index contributed by atoms with van der Waals surface area (Å²) < 4.78 is 0. The second-order valence-electron chi connectivity index (χ2n) is 5.49. The molecule has 3 heteroatoms. The average molecular weight is 199 g/mol. The summed E-state index contributed by atoms with van der Waals surface area (Å²) in [6, 6.07) is 0. The molecular weight excluding hydrogens is 178 g/mol. The van der Waals surface area contributed by atoms with Crippen molar-refractivity contribution in [1.82, 2.24) is 5.32 Å². The second kappa shape index (κ2) is 3.23. The predicted molar refractivity (Wildman–Crippen MR) is 55.8 cm³/mol. The fraction of sp³-hybridized carbons (Fsp3) is 0.909. The lowest BCUT2D eigenvalue weighted by Gasteiger charge is -2.38. The van der Waals surface area contributed by atoms with Gasteiger partial charge in [0.1, 0.15) is 0 Å². The molecule has 1 rings (SSSR count). The summed E-state index contributed by atoms with van der Waals surface area (Å²) in [6.07, 6.45) is 0.980. The number of hydrogen-bond donors (Lipinski definition) is 2. The zero-order valence-corrected chi connectivity index (χ0v) is 9.72. The molecule has 0 spiro atoms. The van der Waals surface area contributed by atoms with Gasteiger partial charge in [0.2, 0.25) is 5.91 Å². The highest BCUT2D eigenvalue weighted by Gasteiger charge is 2.43. The van der Waals surface area contributed by atoms with Crippen LogP contribution < -0.4 is 5.32 Å². The molecule has 14 heavy (non-hydrogen) atoms. The summed E-state index contributed by atoms with van der Waals surface area (Å²) in [4.78, 5) is 11.7. The van der Waals surface area contributed by atoms with Crippen molar-refractivity contribution in [3.63, 3.8) is 0 Å². The highest BCUT2D eigenvalue weighted by Crippen LogP contribution is 2.38. The van der Waals surface area contributed by atoms with Crippen LogP contribution in [0.4, 0.5) is 0 Å². The van der Waals surface area contributed by atoms with Crippen LogP contribution >= 0.6 is 0 Å². The maximum absolute atomic E-state index is 11.7. The van der Waals surface area contributed by atoms with Crippen molar-refractivity contribution in [2.45, 2.75) is 52.2 Å². The molecule has 1 aliphatic rings. The van der Waals surface area contributed by atoms with Crippen LogP contribution in [0.1, 0.15) is 41.0 Å². The van der Waals surface area contributed by atoms with Gasteiger partial charge in [-0.15, -0.1) is 0 Å². The molecule has 0 aliphatic heterocycles. The Kier molecular flexibility index (Phi) is 2.65. The molecule has 0 saturated heterocycles. The molecule has 0 heterocycles. The highest BCUT2D eigenvalue weighted by molar-refractivity contribution is 5.82. The Morgan fingerprint density at radius 3 is 2.07 bits per heavy atom. The summed E-state index contributed by atoms with van der Waals surface area (Å²) in [6.45, 7) is 9.18. The molecule has 2 unspecified atom stereocenters. The Hall–Kier alpha value is -0.570. The second-order valence-corrected chi connectivity index (χ2v) is 5.49.